The van der Waals surface area contributed by atoms with Gasteiger partial charge in [0, 0.05) is 11.1 Å². The molecular formula is C22H14O3. The average Bonchev–Trinajstić information content (AvgIpc) is 3.17. The van der Waals surface area contributed by atoms with Gasteiger partial charge in [0.05, 0.1) is 5.92 Å². The number of aromatic hydroxyl groups is 1. The fourth-order valence-corrected chi connectivity index (χ4v) is 4.26. The first-order valence-corrected chi connectivity index (χ1v) is 8.40. The molecule has 4 aromatic rings. The predicted molar refractivity (Wildman–Crippen MR) is 96.4 cm³/mol. The molecule has 0 bridgehead atoms. The zero-order chi connectivity index (χ0) is 16.5. The van der Waals surface area contributed by atoms with Gasteiger partial charge in [-0.3, -0.25) is 0 Å². The van der Waals surface area contributed by atoms with Gasteiger partial charge in [-0.1, -0.05) is 42.5 Å². The maximum absolute atomic E-state index is 10.00. The molecule has 0 aromatic heterocycles. The summed E-state index contributed by atoms with van der Waals surface area (Å²) >= 11 is 0. The molecule has 2 aliphatic rings. The lowest BCUT2D eigenvalue weighted by Crippen LogP contribution is -2.19. The van der Waals surface area contributed by atoms with Crippen LogP contribution in [0.4, 0.5) is 0 Å². The summed E-state index contributed by atoms with van der Waals surface area (Å²) in [5.41, 5.74) is 2.28. The van der Waals surface area contributed by atoms with E-state index in [0.29, 0.717) is 0 Å². The molecule has 0 spiro atoms. The van der Waals surface area contributed by atoms with Gasteiger partial charge in [0.25, 0.3) is 6.29 Å². The number of rotatable bonds is 0. The van der Waals surface area contributed by atoms with Crippen molar-refractivity contribution in [3.63, 3.8) is 0 Å². The topological polar surface area (TPSA) is 38.7 Å². The van der Waals surface area contributed by atoms with Crippen LogP contribution in [0.3, 0.4) is 0 Å². The van der Waals surface area contributed by atoms with Crippen LogP contribution < -0.4 is 9.47 Å². The number of ether oxygens (including phenoxy) is 2. The molecule has 0 saturated carbocycles. The highest BCUT2D eigenvalue weighted by Gasteiger charge is 2.45. The summed E-state index contributed by atoms with van der Waals surface area (Å²) < 4.78 is 12.2. The third kappa shape index (κ3) is 1.65. The van der Waals surface area contributed by atoms with Crippen molar-refractivity contribution in [1.29, 1.82) is 0 Å². The van der Waals surface area contributed by atoms with Crippen molar-refractivity contribution < 1.29 is 14.6 Å². The molecule has 0 radical (unpaired) electrons. The second kappa shape index (κ2) is 4.45. The van der Waals surface area contributed by atoms with E-state index >= 15 is 0 Å². The third-order valence-corrected chi connectivity index (χ3v) is 5.32. The molecular weight excluding hydrogens is 312 g/mol. The van der Waals surface area contributed by atoms with Crippen LogP contribution in [0, 0.1) is 0 Å². The minimum absolute atomic E-state index is 0.0154. The highest BCUT2D eigenvalue weighted by molar-refractivity contribution is 5.94. The van der Waals surface area contributed by atoms with E-state index < -0.39 is 0 Å². The zero-order valence-electron chi connectivity index (χ0n) is 13.3. The van der Waals surface area contributed by atoms with Crippen molar-refractivity contribution in [3.05, 3.63) is 77.9 Å². The average molecular weight is 326 g/mol. The molecule has 6 rings (SSSR count). The number of hydrogen-bond acceptors (Lipinski definition) is 3. The second-order valence-corrected chi connectivity index (χ2v) is 6.66. The van der Waals surface area contributed by atoms with Crippen LogP contribution >= 0.6 is 0 Å². The van der Waals surface area contributed by atoms with Gasteiger partial charge in [-0.05, 0) is 45.8 Å². The molecule has 3 nitrogen and oxygen atoms in total. The minimum atomic E-state index is -0.344. The Hall–Kier alpha value is -3.20. The first kappa shape index (κ1) is 13.1. The van der Waals surface area contributed by atoms with Crippen LogP contribution in [0.2, 0.25) is 0 Å². The minimum Gasteiger partial charge on any atom is -0.508 e. The molecule has 25 heavy (non-hydrogen) atoms. The lowest BCUT2D eigenvalue weighted by atomic mass is 9.86. The van der Waals surface area contributed by atoms with Crippen LogP contribution in [0.15, 0.2) is 66.7 Å². The van der Waals surface area contributed by atoms with E-state index in [1.165, 1.54) is 16.3 Å². The van der Waals surface area contributed by atoms with Gasteiger partial charge in [0.2, 0.25) is 0 Å². The lowest BCUT2D eigenvalue weighted by Gasteiger charge is -2.12. The van der Waals surface area contributed by atoms with E-state index in [4.69, 9.17) is 9.47 Å². The number of phenols is 1. The van der Waals surface area contributed by atoms with E-state index in [0.717, 1.165) is 27.8 Å². The van der Waals surface area contributed by atoms with E-state index in [1.54, 1.807) is 6.07 Å². The van der Waals surface area contributed by atoms with Gasteiger partial charge in [0.15, 0.2) is 0 Å². The first-order chi connectivity index (χ1) is 12.3. The number of hydrogen-bond donors (Lipinski definition) is 1. The highest BCUT2D eigenvalue weighted by atomic mass is 16.7. The predicted octanol–water partition coefficient (Wildman–Crippen LogP) is 4.94. The Bertz CT molecular complexity index is 1180. The monoisotopic (exact) mass is 326 g/mol. The van der Waals surface area contributed by atoms with Crippen molar-refractivity contribution in [2.45, 2.75) is 12.2 Å². The molecule has 120 valence electrons. The summed E-state index contributed by atoms with van der Waals surface area (Å²) in [6.45, 7) is 0. The van der Waals surface area contributed by atoms with E-state index in [9.17, 15) is 5.11 Å². The van der Waals surface area contributed by atoms with Gasteiger partial charge in [-0.2, -0.15) is 0 Å². The molecule has 0 fully saturated rings. The summed E-state index contributed by atoms with van der Waals surface area (Å²) in [5.74, 6) is 2.01. The fourth-order valence-electron chi connectivity index (χ4n) is 4.26. The fraction of sp³-hybridized carbons (Fsp3) is 0.0909. The largest absolute Gasteiger partial charge is 0.508 e. The Labute approximate surface area is 144 Å². The van der Waals surface area contributed by atoms with Crippen LogP contribution in [0.1, 0.15) is 17.0 Å². The Kier molecular flexibility index (Phi) is 2.34. The summed E-state index contributed by atoms with van der Waals surface area (Å²) in [6.07, 6.45) is -0.344. The molecule has 1 N–H and O–H groups in total. The molecule has 4 aromatic carbocycles. The summed E-state index contributed by atoms with van der Waals surface area (Å²) in [4.78, 5) is 0. The standard InChI is InChI=1S/C22H14O3/c23-14-8-5-13-7-10-18-20(16(13)11-14)21-19-15-4-2-1-3-12(15)6-9-17(19)24-22(21)25-18/h1-11,21-23H/t21-,22+/m1/s1. The van der Waals surface area contributed by atoms with Crippen molar-refractivity contribution >= 4 is 21.5 Å². The second-order valence-electron chi connectivity index (χ2n) is 6.66. The van der Waals surface area contributed by atoms with Crippen molar-refractivity contribution in [2.24, 2.45) is 0 Å². The first-order valence-electron chi connectivity index (χ1n) is 8.40. The molecule has 0 saturated heterocycles. The highest BCUT2D eigenvalue weighted by Crippen LogP contribution is 2.54. The molecule has 3 heteroatoms. The Morgan fingerprint density at radius 1 is 0.680 bits per heavy atom. The van der Waals surface area contributed by atoms with Crippen LogP contribution in [-0.2, 0) is 0 Å². The normalized spacial score (nSPS) is 20.0. The smallest absolute Gasteiger partial charge is 0.252 e. The van der Waals surface area contributed by atoms with E-state index in [-0.39, 0.29) is 18.0 Å². The molecule has 2 aliphatic heterocycles. The Morgan fingerprint density at radius 2 is 1.32 bits per heavy atom. The molecule has 0 unspecified atom stereocenters. The Balaban J connectivity index is 1.71. The van der Waals surface area contributed by atoms with Gasteiger partial charge < -0.3 is 14.6 Å². The lowest BCUT2D eigenvalue weighted by molar-refractivity contribution is 0.0330. The van der Waals surface area contributed by atoms with Crippen molar-refractivity contribution in [3.8, 4) is 17.2 Å². The molecule has 2 heterocycles. The quantitative estimate of drug-likeness (QED) is 0.497. The molecule has 2 atom stereocenters. The zero-order valence-corrected chi connectivity index (χ0v) is 13.3. The summed E-state index contributed by atoms with van der Waals surface area (Å²) in [6, 6.07) is 22.0. The maximum atomic E-state index is 10.00. The van der Waals surface area contributed by atoms with Crippen molar-refractivity contribution in [1.82, 2.24) is 0 Å². The van der Waals surface area contributed by atoms with Gasteiger partial charge in [-0.15, -0.1) is 0 Å². The molecule has 0 amide bonds. The van der Waals surface area contributed by atoms with Crippen LogP contribution in [0.25, 0.3) is 21.5 Å². The number of benzene rings is 4. The third-order valence-electron chi connectivity index (χ3n) is 5.32. The summed E-state index contributed by atoms with van der Waals surface area (Å²) in [7, 11) is 0. The molecule has 0 aliphatic carbocycles. The SMILES string of the molecule is Oc1ccc2ccc3c(c2c1)[C@H]1c2c(ccc4ccccc24)O[C@H]1O3. The van der Waals surface area contributed by atoms with Crippen molar-refractivity contribution in [2.75, 3.05) is 0 Å². The number of phenolic OH excluding ortho intramolecular Hbond substituents is 1. The summed E-state index contributed by atoms with van der Waals surface area (Å²) in [5, 5.41) is 14.5. The van der Waals surface area contributed by atoms with Crippen LogP contribution in [-0.4, -0.2) is 11.4 Å². The van der Waals surface area contributed by atoms with E-state index in [1.807, 2.05) is 30.3 Å². The number of fused-ring (bicyclic) bond motifs is 9. The van der Waals surface area contributed by atoms with Crippen LogP contribution in [0.5, 0.6) is 17.2 Å². The maximum Gasteiger partial charge on any atom is 0.252 e. The van der Waals surface area contributed by atoms with E-state index in [2.05, 4.69) is 30.3 Å². The Morgan fingerprint density at radius 3 is 2.12 bits per heavy atom. The van der Waals surface area contributed by atoms with Gasteiger partial charge in [-0.25, -0.2) is 0 Å². The van der Waals surface area contributed by atoms with Gasteiger partial charge in [0.1, 0.15) is 17.2 Å². The van der Waals surface area contributed by atoms with Gasteiger partial charge >= 0.3 is 0 Å².